The molecule has 3 aromatic rings. The van der Waals surface area contributed by atoms with Crippen molar-refractivity contribution in [3.05, 3.63) is 65.9 Å². The van der Waals surface area contributed by atoms with Gasteiger partial charge in [0.15, 0.2) is 0 Å². The predicted molar refractivity (Wildman–Crippen MR) is 154 cm³/mol. The number of rotatable bonds is 8. The molecule has 0 saturated heterocycles. The van der Waals surface area contributed by atoms with Gasteiger partial charge in [-0.2, -0.15) is 5.10 Å². The van der Waals surface area contributed by atoms with Gasteiger partial charge < -0.3 is 26.5 Å². The lowest BCUT2D eigenvalue weighted by Gasteiger charge is -2.30. The van der Waals surface area contributed by atoms with Gasteiger partial charge in [0.25, 0.3) is 5.91 Å². The number of amides is 1. The number of hydrogen-bond acceptors (Lipinski definition) is 10. The first kappa shape index (κ1) is 29.0. The Bertz CT molecular complexity index is 1360. The van der Waals surface area contributed by atoms with Gasteiger partial charge in [-0.1, -0.05) is 12.1 Å². The first-order valence-corrected chi connectivity index (χ1v) is 13.3. The van der Waals surface area contributed by atoms with Gasteiger partial charge in [-0.3, -0.25) is 14.4 Å². The number of aliphatic hydroxyl groups excluding tert-OH is 1. The second-order valence-corrected chi connectivity index (χ2v) is 11.3. The lowest BCUT2D eigenvalue weighted by molar-refractivity contribution is -0.118. The van der Waals surface area contributed by atoms with Crippen molar-refractivity contribution >= 4 is 17.5 Å². The highest BCUT2D eigenvalue weighted by Gasteiger charge is 2.26. The van der Waals surface area contributed by atoms with Gasteiger partial charge in [0.1, 0.15) is 5.70 Å². The number of β-amino-alcohol motifs (C(OH)–C–C–N with tert-alkyl or cyclic N) is 1. The molecule has 0 fully saturated rings. The lowest BCUT2D eigenvalue weighted by Crippen LogP contribution is -2.44. The average molecular weight is 549 g/mol. The molecular weight excluding hydrogens is 508 g/mol. The molecule has 2 atom stereocenters. The molecule has 1 aliphatic rings. The fourth-order valence-corrected chi connectivity index (χ4v) is 4.55. The zero-order valence-electron chi connectivity index (χ0n) is 23.8. The topological polar surface area (TPSA) is 163 Å². The molecule has 7 N–H and O–H groups in total. The Morgan fingerprint density at radius 1 is 1.32 bits per heavy atom. The molecule has 2 unspecified atom stereocenters. The van der Waals surface area contributed by atoms with Crippen molar-refractivity contribution in [3.8, 4) is 11.3 Å². The Kier molecular flexibility index (Phi) is 8.72. The number of hydrazine groups is 1. The van der Waals surface area contributed by atoms with E-state index in [-0.39, 0.29) is 23.2 Å². The molecule has 3 heterocycles. The summed E-state index contributed by atoms with van der Waals surface area (Å²) in [5.74, 6) is 6.14. The van der Waals surface area contributed by atoms with E-state index in [2.05, 4.69) is 31.7 Å². The van der Waals surface area contributed by atoms with Gasteiger partial charge in [-0.25, -0.2) is 15.8 Å². The highest BCUT2D eigenvalue weighted by Crippen LogP contribution is 2.31. The number of hydrogen-bond donors (Lipinski definition) is 5. The van der Waals surface area contributed by atoms with Crippen molar-refractivity contribution in [1.82, 2.24) is 35.0 Å². The van der Waals surface area contributed by atoms with Crippen LogP contribution in [0.4, 0.5) is 11.6 Å². The standard InChI is InChI=1S/C28H40N10O2/c1-18(39)14-37-11-9-25(34-26(40)23(29)17-38(30)28(2,3)4)22-7-6-19(12-20(22)15-37)24-8-10-31-27(35-24)33-21-13-32-36(5)16-21/h6-8,10,12-13,16-18,25,39H,9,11,14-15,29-30H2,1-5H3,(H,34,40)(H,31,33,35)/b23-17-. The van der Waals surface area contributed by atoms with Crippen molar-refractivity contribution in [2.45, 2.75) is 58.3 Å². The molecule has 0 spiro atoms. The zero-order chi connectivity index (χ0) is 29.0. The number of benzene rings is 1. The van der Waals surface area contributed by atoms with E-state index in [1.165, 1.54) is 11.2 Å². The number of aliphatic hydroxyl groups is 1. The monoisotopic (exact) mass is 548 g/mol. The maximum Gasteiger partial charge on any atom is 0.269 e. The summed E-state index contributed by atoms with van der Waals surface area (Å²) in [5, 5.41) is 22.0. The number of carbonyl (C=O) groups is 1. The molecule has 1 aliphatic heterocycles. The molecular formula is C28H40N10O2. The van der Waals surface area contributed by atoms with E-state index in [1.807, 2.05) is 52.2 Å². The first-order chi connectivity index (χ1) is 18.9. The van der Waals surface area contributed by atoms with E-state index >= 15 is 0 Å². The molecule has 1 aromatic carbocycles. The van der Waals surface area contributed by atoms with Gasteiger partial charge in [-0.05, 0) is 57.4 Å². The summed E-state index contributed by atoms with van der Waals surface area (Å²) in [7, 11) is 1.85. The number of nitrogens with one attached hydrogen (secondary N) is 2. The van der Waals surface area contributed by atoms with Crippen LogP contribution in [0.1, 0.15) is 51.3 Å². The van der Waals surface area contributed by atoms with Gasteiger partial charge in [0.05, 0.1) is 29.7 Å². The average Bonchev–Trinajstić information content (AvgIpc) is 3.21. The quantitative estimate of drug-likeness (QED) is 0.160. The van der Waals surface area contributed by atoms with Crippen LogP contribution in [-0.4, -0.2) is 65.4 Å². The number of fused-ring (bicyclic) bond motifs is 1. The van der Waals surface area contributed by atoms with Crippen LogP contribution in [0.25, 0.3) is 11.3 Å². The molecule has 12 heteroatoms. The van der Waals surface area contributed by atoms with Gasteiger partial charge >= 0.3 is 0 Å². The molecule has 0 bridgehead atoms. The molecule has 0 saturated carbocycles. The minimum Gasteiger partial charge on any atom is -0.393 e. The van der Waals surface area contributed by atoms with Crippen LogP contribution in [0.3, 0.4) is 0 Å². The predicted octanol–water partition coefficient (Wildman–Crippen LogP) is 2.14. The largest absolute Gasteiger partial charge is 0.393 e. The normalized spacial score (nSPS) is 17.1. The highest BCUT2D eigenvalue weighted by atomic mass is 16.3. The summed E-state index contributed by atoms with van der Waals surface area (Å²) in [5.41, 5.74) is 10.3. The maximum absolute atomic E-state index is 13.1. The van der Waals surface area contributed by atoms with Crippen molar-refractivity contribution in [2.24, 2.45) is 18.6 Å². The number of aryl methyl sites for hydroxylation is 1. The summed E-state index contributed by atoms with van der Waals surface area (Å²) >= 11 is 0. The summed E-state index contributed by atoms with van der Waals surface area (Å²) in [6.07, 6.45) is 6.91. The third-order valence-corrected chi connectivity index (χ3v) is 6.70. The van der Waals surface area contributed by atoms with E-state index in [9.17, 15) is 9.90 Å². The van der Waals surface area contributed by atoms with Crippen LogP contribution in [0.15, 0.2) is 54.8 Å². The summed E-state index contributed by atoms with van der Waals surface area (Å²) in [6.45, 7) is 9.41. The van der Waals surface area contributed by atoms with E-state index in [0.717, 1.165) is 28.1 Å². The van der Waals surface area contributed by atoms with Crippen LogP contribution in [0, 0.1) is 0 Å². The number of nitrogens with zero attached hydrogens (tertiary/aromatic N) is 6. The van der Waals surface area contributed by atoms with Crippen molar-refractivity contribution in [3.63, 3.8) is 0 Å². The number of carbonyl (C=O) groups excluding carboxylic acids is 1. The molecule has 0 aliphatic carbocycles. The third kappa shape index (κ3) is 7.34. The van der Waals surface area contributed by atoms with Gasteiger partial charge in [0, 0.05) is 56.4 Å². The van der Waals surface area contributed by atoms with E-state index in [0.29, 0.717) is 32.0 Å². The minimum atomic E-state index is -0.479. The van der Waals surface area contributed by atoms with Crippen LogP contribution in [-0.2, 0) is 18.4 Å². The fourth-order valence-electron chi connectivity index (χ4n) is 4.55. The fraction of sp³-hybridized carbons (Fsp3) is 0.429. The van der Waals surface area contributed by atoms with E-state index < -0.39 is 6.10 Å². The number of aromatic nitrogens is 4. The van der Waals surface area contributed by atoms with Crippen molar-refractivity contribution < 1.29 is 9.90 Å². The maximum atomic E-state index is 13.1. The molecule has 214 valence electrons. The zero-order valence-corrected chi connectivity index (χ0v) is 23.8. The molecule has 2 aromatic heterocycles. The smallest absolute Gasteiger partial charge is 0.269 e. The molecule has 0 radical (unpaired) electrons. The highest BCUT2D eigenvalue weighted by molar-refractivity contribution is 5.92. The Morgan fingerprint density at radius 3 is 2.77 bits per heavy atom. The summed E-state index contributed by atoms with van der Waals surface area (Å²) in [6, 6.07) is 7.71. The first-order valence-electron chi connectivity index (χ1n) is 13.3. The van der Waals surface area contributed by atoms with E-state index in [1.54, 1.807) is 24.0 Å². The van der Waals surface area contributed by atoms with Crippen molar-refractivity contribution in [2.75, 3.05) is 18.4 Å². The Labute approximate surface area is 235 Å². The Hall–Kier alpha value is -4.00. The van der Waals surface area contributed by atoms with Crippen LogP contribution in [0.5, 0.6) is 0 Å². The molecule has 12 nitrogen and oxygen atoms in total. The molecule has 4 rings (SSSR count). The molecule has 40 heavy (non-hydrogen) atoms. The van der Waals surface area contributed by atoms with Gasteiger partial charge in [0.2, 0.25) is 5.95 Å². The second-order valence-electron chi connectivity index (χ2n) is 11.3. The van der Waals surface area contributed by atoms with Crippen LogP contribution < -0.4 is 22.2 Å². The molecule has 1 amide bonds. The summed E-state index contributed by atoms with van der Waals surface area (Å²) in [4.78, 5) is 24.3. The van der Waals surface area contributed by atoms with Crippen LogP contribution >= 0.6 is 0 Å². The van der Waals surface area contributed by atoms with Gasteiger partial charge in [-0.15, -0.1) is 0 Å². The Morgan fingerprint density at radius 2 is 2.10 bits per heavy atom. The lowest BCUT2D eigenvalue weighted by atomic mass is 9.96. The minimum absolute atomic E-state index is 0.0373. The summed E-state index contributed by atoms with van der Waals surface area (Å²) < 4.78 is 1.70. The van der Waals surface area contributed by atoms with Crippen LogP contribution in [0.2, 0.25) is 0 Å². The third-order valence-electron chi connectivity index (χ3n) is 6.70. The van der Waals surface area contributed by atoms with E-state index in [4.69, 9.17) is 16.6 Å². The second kappa shape index (κ2) is 12.0. The Balaban J connectivity index is 1.61. The SMILES string of the molecule is CC(O)CN1CCC(NC(=O)/C(N)=C/N(N)C(C)(C)C)c2ccc(-c3ccnc(Nc4cnn(C)c4)n3)cc2C1. The number of nitrogens with two attached hydrogens (primary N) is 2. The van der Waals surface area contributed by atoms with Crippen molar-refractivity contribution in [1.29, 1.82) is 0 Å². The number of anilines is 2.